The van der Waals surface area contributed by atoms with Crippen LogP contribution in [0.1, 0.15) is 13.8 Å². The molecule has 1 aromatic rings. The summed E-state index contributed by atoms with van der Waals surface area (Å²) >= 11 is 5.89. The Morgan fingerprint density at radius 1 is 1.41 bits per heavy atom. The number of carbonyl (C=O) groups excluding carboxylic acids is 1. The summed E-state index contributed by atoms with van der Waals surface area (Å²) in [5.41, 5.74) is 0.397. The minimum atomic E-state index is -0.544. The number of carbonyl (C=O) groups is 1. The normalized spacial score (nSPS) is 19.6. The third kappa shape index (κ3) is 2.09. The standard InChI is InChI=1S/C12H16ClN3O/c1-12(2)11(17)15(3)6-7-16(12)9-4-5-14-10(13)8-9/h4-5,8H,6-7H2,1-3H3. The maximum Gasteiger partial charge on any atom is 0.247 e. The molecule has 0 bridgehead atoms. The Morgan fingerprint density at radius 2 is 2.12 bits per heavy atom. The molecule has 5 heteroatoms. The summed E-state index contributed by atoms with van der Waals surface area (Å²) in [6.07, 6.45) is 1.66. The van der Waals surface area contributed by atoms with Crippen molar-refractivity contribution in [2.24, 2.45) is 0 Å². The third-order valence-electron chi connectivity index (χ3n) is 3.23. The molecule has 1 aliphatic rings. The highest BCUT2D eigenvalue weighted by Crippen LogP contribution is 2.29. The predicted molar refractivity (Wildman–Crippen MR) is 68.3 cm³/mol. The largest absolute Gasteiger partial charge is 0.356 e. The van der Waals surface area contributed by atoms with Crippen LogP contribution in [0.3, 0.4) is 0 Å². The molecule has 4 nitrogen and oxygen atoms in total. The fourth-order valence-corrected chi connectivity index (χ4v) is 2.39. The molecule has 0 aromatic carbocycles. The molecule has 0 N–H and O–H groups in total. The number of hydrogen-bond acceptors (Lipinski definition) is 3. The van der Waals surface area contributed by atoms with Crippen LogP contribution in [0.4, 0.5) is 5.69 Å². The molecule has 92 valence electrons. The van der Waals surface area contributed by atoms with Gasteiger partial charge in [0, 0.05) is 32.0 Å². The molecular formula is C12H16ClN3O. The summed E-state index contributed by atoms with van der Waals surface area (Å²) in [6.45, 7) is 5.39. The average Bonchev–Trinajstić information content (AvgIpc) is 2.26. The first-order valence-corrected chi connectivity index (χ1v) is 5.95. The summed E-state index contributed by atoms with van der Waals surface area (Å²) in [5.74, 6) is 0.122. The van der Waals surface area contributed by atoms with Gasteiger partial charge in [-0.25, -0.2) is 4.98 Å². The molecule has 1 saturated heterocycles. The van der Waals surface area contributed by atoms with Crippen molar-refractivity contribution in [1.82, 2.24) is 9.88 Å². The van der Waals surface area contributed by atoms with E-state index in [1.165, 1.54) is 0 Å². The summed E-state index contributed by atoms with van der Waals surface area (Å²) in [4.78, 5) is 19.9. The fraction of sp³-hybridized carbons (Fsp3) is 0.500. The third-order valence-corrected chi connectivity index (χ3v) is 3.43. The smallest absolute Gasteiger partial charge is 0.247 e. The van der Waals surface area contributed by atoms with Gasteiger partial charge in [-0.2, -0.15) is 0 Å². The number of rotatable bonds is 1. The van der Waals surface area contributed by atoms with Gasteiger partial charge in [-0.15, -0.1) is 0 Å². The number of likely N-dealkylation sites (N-methyl/N-ethyl adjacent to an activating group) is 1. The van der Waals surface area contributed by atoms with Crippen LogP contribution in [-0.4, -0.2) is 41.5 Å². The van der Waals surface area contributed by atoms with E-state index in [4.69, 9.17) is 11.6 Å². The van der Waals surface area contributed by atoms with Gasteiger partial charge in [-0.3, -0.25) is 4.79 Å². The SMILES string of the molecule is CN1CCN(c2ccnc(Cl)c2)C(C)(C)C1=O. The Kier molecular flexibility index (Phi) is 3.00. The van der Waals surface area contributed by atoms with Crippen LogP contribution < -0.4 is 4.90 Å². The van der Waals surface area contributed by atoms with Crippen LogP contribution >= 0.6 is 11.6 Å². The van der Waals surface area contributed by atoms with Crippen molar-refractivity contribution >= 4 is 23.2 Å². The molecule has 17 heavy (non-hydrogen) atoms. The zero-order valence-electron chi connectivity index (χ0n) is 10.3. The van der Waals surface area contributed by atoms with E-state index in [1.807, 2.05) is 27.0 Å². The van der Waals surface area contributed by atoms with E-state index in [-0.39, 0.29) is 5.91 Å². The Hall–Kier alpha value is -1.29. The van der Waals surface area contributed by atoms with Crippen molar-refractivity contribution in [3.8, 4) is 0 Å². The number of piperazine rings is 1. The molecule has 1 amide bonds. The van der Waals surface area contributed by atoms with Gasteiger partial charge in [0.05, 0.1) is 0 Å². The lowest BCUT2D eigenvalue weighted by Gasteiger charge is -2.46. The number of anilines is 1. The number of amides is 1. The van der Waals surface area contributed by atoms with E-state index in [9.17, 15) is 4.79 Å². The van der Waals surface area contributed by atoms with Gasteiger partial charge < -0.3 is 9.80 Å². The fourth-order valence-electron chi connectivity index (χ4n) is 2.23. The van der Waals surface area contributed by atoms with E-state index < -0.39 is 5.54 Å². The number of nitrogens with zero attached hydrogens (tertiary/aromatic N) is 3. The Labute approximate surface area is 106 Å². The second-order valence-electron chi connectivity index (χ2n) is 4.77. The second kappa shape index (κ2) is 4.18. The molecule has 0 saturated carbocycles. The Bertz CT molecular complexity index is 447. The lowest BCUT2D eigenvalue weighted by Crippen LogP contribution is -2.62. The van der Waals surface area contributed by atoms with Crippen LogP contribution in [0, 0.1) is 0 Å². The van der Waals surface area contributed by atoms with Crippen LogP contribution in [0.2, 0.25) is 5.15 Å². The highest BCUT2D eigenvalue weighted by molar-refractivity contribution is 6.29. The van der Waals surface area contributed by atoms with Gasteiger partial charge in [0.1, 0.15) is 10.7 Å². The van der Waals surface area contributed by atoms with E-state index in [1.54, 1.807) is 17.2 Å². The summed E-state index contributed by atoms with van der Waals surface area (Å²) in [6, 6.07) is 3.67. The Morgan fingerprint density at radius 3 is 2.76 bits per heavy atom. The van der Waals surface area contributed by atoms with Crippen molar-refractivity contribution in [3.63, 3.8) is 0 Å². The highest BCUT2D eigenvalue weighted by atomic mass is 35.5. The lowest BCUT2D eigenvalue weighted by atomic mass is 9.97. The van der Waals surface area contributed by atoms with Crippen molar-refractivity contribution < 1.29 is 4.79 Å². The van der Waals surface area contributed by atoms with Gasteiger partial charge in [0.25, 0.3) is 0 Å². The minimum Gasteiger partial charge on any atom is -0.356 e. The maximum atomic E-state index is 12.2. The zero-order chi connectivity index (χ0) is 12.6. The molecule has 0 radical (unpaired) electrons. The molecule has 2 heterocycles. The van der Waals surface area contributed by atoms with Gasteiger partial charge in [-0.05, 0) is 26.0 Å². The summed E-state index contributed by atoms with van der Waals surface area (Å²) < 4.78 is 0. The van der Waals surface area contributed by atoms with Crippen LogP contribution in [0.15, 0.2) is 18.3 Å². The first kappa shape index (κ1) is 12.2. The topological polar surface area (TPSA) is 36.4 Å². The Balaban J connectivity index is 2.36. The van der Waals surface area contributed by atoms with Crippen molar-refractivity contribution in [2.45, 2.75) is 19.4 Å². The monoisotopic (exact) mass is 253 g/mol. The van der Waals surface area contributed by atoms with Crippen molar-refractivity contribution in [3.05, 3.63) is 23.5 Å². The summed E-state index contributed by atoms with van der Waals surface area (Å²) in [5, 5.41) is 0.449. The molecule has 0 aliphatic carbocycles. The van der Waals surface area contributed by atoms with Crippen molar-refractivity contribution in [1.29, 1.82) is 0 Å². The highest BCUT2D eigenvalue weighted by Gasteiger charge is 2.40. The second-order valence-corrected chi connectivity index (χ2v) is 5.16. The van der Waals surface area contributed by atoms with Gasteiger partial charge in [0.15, 0.2) is 0 Å². The van der Waals surface area contributed by atoms with E-state index >= 15 is 0 Å². The van der Waals surface area contributed by atoms with Crippen LogP contribution in [0.5, 0.6) is 0 Å². The first-order valence-electron chi connectivity index (χ1n) is 5.57. The molecule has 0 atom stereocenters. The van der Waals surface area contributed by atoms with E-state index in [0.29, 0.717) is 5.15 Å². The number of hydrogen-bond donors (Lipinski definition) is 0. The van der Waals surface area contributed by atoms with Crippen LogP contribution in [0.25, 0.3) is 0 Å². The van der Waals surface area contributed by atoms with Gasteiger partial charge in [0.2, 0.25) is 5.91 Å². The zero-order valence-corrected chi connectivity index (χ0v) is 11.0. The van der Waals surface area contributed by atoms with E-state index in [0.717, 1.165) is 18.8 Å². The molecule has 1 fully saturated rings. The van der Waals surface area contributed by atoms with Gasteiger partial charge >= 0.3 is 0 Å². The molecule has 1 aliphatic heterocycles. The number of aromatic nitrogens is 1. The predicted octanol–water partition coefficient (Wildman–Crippen LogP) is 1.79. The number of pyridine rings is 1. The minimum absolute atomic E-state index is 0.122. The molecule has 2 rings (SSSR count). The van der Waals surface area contributed by atoms with Crippen molar-refractivity contribution in [2.75, 3.05) is 25.0 Å². The molecular weight excluding hydrogens is 238 g/mol. The maximum absolute atomic E-state index is 12.2. The van der Waals surface area contributed by atoms with Crippen LogP contribution in [-0.2, 0) is 4.79 Å². The number of halogens is 1. The van der Waals surface area contributed by atoms with Gasteiger partial charge in [-0.1, -0.05) is 11.6 Å². The first-order chi connectivity index (χ1) is 7.93. The average molecular weight is 254 g/mol. The molecule has 0 spiro atoms. The molecule has 0 unspecified atom stereocenters. The lowest BCUT2D eigenvalue weighted by molar-refractivity contribution is -0.136. The van der Waals surface area contributed by atoms with E-state index in [2.05, 4.69) is 9.88 Å². The summed E-state index contributed by atoms with van der Waals surface area (Å²) in [7, 11) is 1.83. The molecule has 1 aromatic heterocycles. The quantitative estimate of drug-likeness (QED) is 0.716.